The molecule has 0 aromatic heterocycles. The van der Waals surface area contributed by atoms with Crippen molar-refractivity contribution >= 4 is 23.6 Å². The molecule has 3 saturated heterocycles. The number of rotatable bonds is 7. The van der Waals surface area contributed by atoms with Crippen molar-refractivity contribution in [2.24, 2.45) is 5.73 Å². The zero-order valence-corrected chi connectivity index (χ0v) is 21.1. The highest BCUT2D eigenvalue weighted by molar-refractivity contribution is 6.07. The highest BCUT2D eigenvalue weighted by Gasteiger charge is 2.51. The van der Waals surface area contributed by atoms with Crippen LogP contribution in [-0.4, -0.2) is 77.1 Å². The van der Waals surface area contributed by atoms with E-state index in [9.17, 15) is 19.6 Å². The van der Waals surface area contributed by atoms with Gasteiger partial charge in [-0.2, -0.15) is 5.26 Å². The molecular weight excluding hydrogens is 460 g/mol. The van der Waals surface area contributed by atoms with E-state index in [2.05, 4.69) is 18.0 Å². The number of carbonyl (C=O) groups excluding carboxylic acids is 3. The Morgan fingerprint density at radius 2 is 2.06 bits per heavy atom. The number of hydrogen-bond donors (Lipinski definition) is 2. The Bertz CT molecular complexity index is 1110. The van der Waals surface area contributed by atoms with Crippen molar-refractivity contribution in [3.63, 3.8) is 0 Å². The molecule has 0 aliphatic carbocycles. The number of fused-ring (bicyclic) bond motifs is 2. The van der Waals surface area contributed by atoms with Gasteiger partial charge in [0.2, 0.25) is 5.91 Å². The molecular formula is C26H34N6O4. The molecule has 36 heavy (non-hydrogen) atoms. The molecule has 3 aliphatic rings. The van der Waals surface area contributed by atoms with Crippen LogP contribution in [0.2, 0.25) is 0 Å². The number of nitrogens with one attached hydrogen (secondary N) is 1. The fourth-order valence-corrected chi connectivity index (χ4v) is 5.44. The lowest BCUT2D eigenvalue weighted by Crippen LogP contribution is -2.56. The van der Waals surface area contributed by atoms with Gasteiger partial charge in [-0.25, -0.2) is 4.79 Å². The molecule has 3 amide bonds. The molecule has 3 fully saturated rings. The van der Waals surface area contributed by atoms with Gasteiger partial charge in [0, 0.05) is 25.3 Å². The number of ether oxygens (including phenoxy) is 1. The molecule has 0 radical (unpaired) electrons. The Hall–Kier alpha value is -3.58. The Labute approximate surface area is 211 Å². The quantitative estimate of drug-likeness (QED) is 0.592. The van der Waals surface area contributed by atoms with Crippen LogP contribution in [0.15, 0.2) is 36.5 Å². The largest absolute Gasteiger partial charge is 0.444 e. The van der Waals surface area contributed by atoms with Crippen molar-refractivity contribution in [3.8, 4) is 6.07 Å². The summed E-state index contributed by atoms with van der Waals surface area (Å²) in [6.45, 7) is 11.2. The molecule has 3 unspecified atom stereocenters. The van der Waals surface area contributed by atoms with Crippen LogP contribution in [0.25, 0.3) is 0 Å². The second-order valence-corrected chi connectivity index (χ2v) is 10.6. The summed E-state index contributed by atoms with van der Waals surface area (Å²) >= 11 is 0. The van der Waals surface area contributed by atoms with E-state index in [1.54, 1.807) is 49.9 Å². The van der Waals surface area contributed by atoms with E-state index in [-0.39, 0.29) is 18.0 Å². The van der Waals surface area contributed by atoms with Crippen LogP contribution in [0.5, 0.6) is 0 Å². The highest BCUT2D eigenvalue weighted by atomic mass is 16.6. The SMILES string of the molecule is C=C(C(CN1C[C@@H]2CC1C(=O)N2c1ccccc1C(N)=O)NC(=O)OC(C)(C)C)N1CCCC1C#N. The van der Waals surface area contributed by atoms with Crippen molar-refractivity contribution in [1.29, 1.82) is 5.26 Å². The van der Waals surface area contributed by atoms with Gasteiger partial charge in [-0.15, -0.1) is 0 Å². The van der Waals surface area contributed by atoms with Gasteiger partial charge in [0.1, 0.15) is 11.6 Å². The van der Waals surface area contributed by atoms with Crippen LogP contribution in [-0.2, 0) is 9.53 Å². The first-order chi connectivity index (χ1) is 17.0. The fourth-order valence-electron chi connectivity index (χ4n) is 5.44. The number of piperazine rings is 1. The van der Waals surface area contributed by atoms with E-state index in [0.717, 1.165) is 12.8 Å². The first-order valence-electron chi connectivity index (χ1n) is 12.3. The molecule has 0 saturated carbocycles. The molecule has 4 rings (SSSR count). The summed E-state index contributed by atoms with van der Waals surface area (Å²) in [7, 11) is 0. The first kappa shape index (κ1) is 25.5. The number of nitrogens with two attached hydrogens (primary N) is 1. The minimum Gasteiger partial charge on any atom is -0.444 e. The molecule has 3 aliphatic heterocycles. The Kier molecular flexibility index (Phi) is 6.96. The van der Waals surface area contributed by atoms with Crippen LogP contribution in [0.3, 0.4) is 0 Å². The van der Waals surface area contributed by atoms with Crippen LogP contribution < -0.4 is 16.0 Å². The molecule has 0 spiro atoms. The number of alkyl carbamates (subject to hydrolysis) is 1. The summed E-state index contributed by atoms with van der Waals surface area (Å²) in [5.74, 6) is -0.675. The van der Waals surface area contributed by atoms with Gasteiger partial charge in [0.05, 0.1) is 35.4 Å². The average molecular weight is 495 g/mol. The molecule has 1 aromatic rings. The standard InChI is InChI=1S/C26H34N6O4/c1-16(31-11-7-8-17(31)13-27)20(29-25(35)36-26(2,3)4)15-30-14-18-12-22(30)24(34)32(18)21-10-6-5-9-19(21)23(28)33/h5-6,9-10,17-18,20,22H,1,7-8,11-12,14-15H2,2-4H3,(H2,28,33)(H,29,35)/t17?,18-,20?,22?/m0/s1. The van der Waals surface area contributed by atoms with E-state index in [0.29, 0.717) is 43.0 Å². The lowest BCUT2D eigenvalue weighted by molar-refractivity contribution is -0.122. The maximum Gasteiger partial charge on any atom is 0.408 e. The summed E-state index contributed by atoms with van der Waals surface area (Å²) in [6.07, 6.45) is 1.66. The molecule has 2 bridgehead atoms. The maximum absolute atomic E-state index is 13.4. The number of nitrogens with zero attached hydrogens (tertiary/aromatic N) is 4. The molecule has 3 heterocycles. The number of carbonyl (C=O) groups is 3. The number of nitriles is 1. The third-order valence-electron chi connectivity index (χ3n) is 6.98. The Morgan fingerprint density at radius 3 is 2.69 bits per heavy atom. The minimum absolute atomic E-state index is 0.0994. The third kappa shape index (κ3) is 5.02. The number of primary amides is 1. The number of anilines is 1. The van der Waals surface area contributed by atoms with Crippen molar-refractivity contribution < 1.29 is 19.1 Å². The smallest absolute Gasteiger partial charge is 0.408 e. The van der Waals surface area contributed by atoms with E-state index in [4.69, 9.17) is 10.5 Å². The molecule has 10 nitrogen and oxygen atoms in total. The van der Waals surface area contributed by atoms with Crippen molar-refractivity contribution in [3.05, 3.63) is 42.1 Å². The summed E-state index contributed by atoms with van der Waals surface area (Å²) in [5.41, 5.74) is 6.36. The Morgan fingerprint density at radius 1 is 1.33 bits per heavy atom. The third-order valence-corrected chi connectivity index (χ3v) is 6.98. The molecule has 192 valence electrons. The Balaban J connectivity index is 1.52. The molecule has 1 aromatic carbocycles. The highest BCUT2D eigenvalue weighted by Crippen LogP contribution is 2.37. The normalized spacial score (nSPS) is 24.5. The second-order valence-electron chi connectivity index (χ2n) is 10.6. The van der Waals surface area contributed by atoms with Gasteiger partial charge in [-0.3, -0.25) is 14.5 Å². The number of benzene rings is 1. The number of likely N-dealkylation sites (tertiary alicyclic amines) is 2. The van der Waals surface area contributed by atoms with Gasteiger partial charge in [-0.05, 0) is 52.2 Å². The monoisotopic (exact) mass is 494 g/mol. The van der Waals surface area contributed by atoms with E-state index in [1.807, 2.05) is 9.80 Å². The summed E-state index contributed by atoms with van der Waals surface area (Å²) in [4.78, 5) is 43.7. The van der Waals surface area contributed by atoms with E-state index < -0.39 is 29.7 Å². The summed E-state index contributed by atoms with van der Waals surface area (Å²) in [6, 6.07) is 7.86. The van der Waals surface area contributed by atoms with Crippen molar-refractivity contribution in [2.45, 2.75) is 69.8 Å². The van der Waals surface area contributed by atoms with Gasteiger partial charge in [-0.1, -0.05) is 18.7 Å². The number of hydrogen-bond acceptors (Lipinski definition) is 7. The van der Waals surface area contributed by atoms with Gasteiger partial charge in [0.15, 0.2) is 0 Å². The predicted molar refractivity (Wildman–Crippen MR) is 134 cm³/mol. The van der Waals surface area contributed by atoms with E-state index in [1.165, 1.54) is 0 Å². The average Bonchev–Trinajstić information content (AvgIpc) is 3.51. The van der Waals surface area contributed by atoms with Crippen LogP contribution >= 0.6 is 0 Å². The number of para-hydroxylation sites is 1. The zero-order chi connectivity index (χ0) is 26.2. The summed E-state index contributed by atoms with van der Waals surface area (Å²) < 4.78 is 5.48. The molecule has 10 heteroatoms. The van der Waals surface area contributed by atoms with Gasteiger partial charge >= 0.3 is 6.09 Å². The lowest BCUT2D eigenvalue weighted by atomic mass is 10.1. The van der Waals surface area contributed by atoms with E-state index >= 15 is 0 Å². The van der Waals surface area contributed by atoms with Crippen molar-refractivity contribution in [2.75, 3.05) is 24.5 Å². The summed E-state index contributed by atoms with van der Waals surface area (Å²) in [5, 5.41) is 12.5. The number of amides is 3. The molecule has 3 N–H and O–H groups in total. The van der Waals surface area contributed by atoms with Crippen LogP contribution in [0.4, 0.5) is 10.5 Å². The van der Waals surface area contributed by atoms with Crippen LogP contribution in [0, 0.1) is 11.3 Å². The van der Waals surface area contributed by atoms with Crippen molar-refractivity contribution in [1.82, 2.24) is 15.1 Å². The van der Waals surface area contributed by atoms with Crippen LogP contribution in [0.1, 0.15) is 50.4 Å². The maximum atomic E-state index is 13.4. The lowest BCUT2D eigenvalue weighted by Gasteiger charge is -2.38. The molecule has 4 atom stereocenters. The topological polar surface area (TPSA) is 132 Å². The van der Waals surface area contributed by atoms with Gasteiger partial charge < -0.3 is 25.6 Å². The predicted octanol–water partition coefficient (Wildman–Crippen LogP) is 1.97. The first-order valence-corrected chi connectivity index (χ1v) is 12.3. The van der Waals surface area contributed by atoms with Gasteiger partial charge in [0.25, 0.3) is 5.91 Å². The second kappa shape index (κ2) is 9.82. The minimum atomic E-state index is -0.671. The zero-order valence-electron chi connectivity index (χ0n) is 21.1. The fraction of sp³-hybridized carbons (Fsp3) is 0.538.